The van der Waals surface area contributed by atoms with Gasteiger partial charge in [0.25, 0.3) is 0 Å². The molecule has 5 nitrogen and oxygen atoms in total. The second kappa shape index (κ2) is 14.4. The Bertz CT molecular complexity index is 1050. The number of benzene rings is 2. The summed E-state index contributed by atoms with van der Waals surface area (Å²) in [5.41, 5.74) is 4.67. The summed E-state index contributed by atoms with van der Waals surface area (Å²) in [4.78, 5) is 14.2. The molecule has 3 atom stereocenters. The fourth-order valence-corrected chi connectivity index (χ4v) is 5.02. The summed E-state index contributed by atoms with van der Waals surface area (Å²) in [6, 6.07) is 11.9. The number of carbonyl (C=O) groups excluding carboxylic acids is 1. The van der Waals surface area contributed by atoms with Gasteiger partial charge in [0.2, 0.25) is 0 Å². The average molecular weight is 512 g/mol. The number of hydrogen-bond donors (Lipinski definition) is 1. The Morgan fingerprint density at radius 2 is 2.03 bits per heavy atom. The van der Waals surface area contributed by atoms with E-state index in [-0.39, 0.29) is 24.5 Å². The minimum absolute atomic E-state index is 0.162. The predicted molar refractivity (Wildman–Crippen MR) is 146 cm³/mol. The van der Waals surface area contributed by atoms with E-state index in [2.05, 4.69) is 11.8 Å². The summed E-state index contributed by atoms with van der Waals surface area (Å²) < 4.78 is 25.3. The van der Waals surface area contributed by atoms with E-state index in [1.54, 1.807) is 26.0 Å². The van der Waals surface area contributed by atoms with Crippen LogP contribution in [0.15, 0.2) is 42.5 Å². The number of likely N-dealkylation sites (tertiary alicyclic amines) is 1. The van der Waals surface area contributed by atoms with Gasteiger partial charge < -0.3 is 14.6 Å². The minimum atomic E-state index is -0.626. The van der Waals surface area contributed by atoms with Crippen molar-refractivity contribution in [1.82, 2.24) is 4.90 Å². The van der Waals surface area contributed by atoms with Gasteiger partial charge in [0.1, 0.15) is 5.82 Å². The van der Waals surface area contributed by atoms with E-state index in [0.29, 0.717) is 24.8 Å². The standard InChI is InChI=1S/C31H42FNO4/c1-5-8-30(28-14-10-22(3)17-25(28)13-15-31(35)36-6-2)37-21-27(34)20-33-16-7-9-26(33)18-24-12-11-23(4)29(32)19-24/h10-15,17,19,26-27,30,34H,5-9,16,18,20-21H2,1-4H3/t26-,27+,30+/m0/s1. The second-order valence-electron chi connectivity index (χ2n) is 10.1. The lowest BCUT2D eigenvalue weighted by molar-refractivity contribution is -0.137. The fourth-order valence-electron chi connectivity index (χ4n) is 5.02. The highest BCUT2D eigenvalue weighted by molar-refractivity contribution is 5.87. The number of nitrogens with zero attached hydrogens (tertiary/aromatic N) is 1. The van der Waals surface area contributed by atoms with Gasteiger partial charge in [-0.25, -0.2) is 9.18 Å². The van der Waals surface area contributed by atoms with Crippen LogP contribution in [0.5, 0.6) is 0 Å². The Labute approximate surface area is 221 Å². The molecule has 0 unspecified atom stereocenters. The Morgan fingerprint density at radius 1 is 1.22 bits per heavy atom. The maximum atomic E-state index is 14.0. The van der Waals surface area contributed by atoms with Crippen molar-refractivity contribution in [2.75, 3.05) is 26.3 Å². The molecule has 0 aliphatic carbocycles. The van der Waals surface area contributed by atoms with Crippen LogP contribution in [0.1, 0.15) is 73.5 Å². The molecule has 37 heavy (non-hydrogen) atoms. The quantitative estimate of drug-likeness (QED) is 0.266. The number of aliphatic hydroxyl groups excluding tert-OH is 1. The van der Waals surface area contributed by atoms with E-state index in [1.807, 2.05) is 37.3 Å². The molecule has 1 aliphatic rings. The van der Waals surface area contributed by atoms with Crippen LogP contribution in [-0.2, 0) is 20.7 Å². The van der Waals surface area contributed by atoms with Gasteiger partial charge in [-0.2, -0.15) is 0 Å². The number of β-amino-alcohol motifs (C(OH)–C–C–N with tert-alkyl or cyclic N) is 1. The first-order valence-corrected chi connectivity index (χ1v) is 13.5. The van der Waals surface area contributed by atoms with Crippen molar-refractivity contribution >= 4 is 12.0 Å². The molecule has 0 aromatic heterocycles. The highest BCUT2D eigenvalue weighted by atomic mass is 19.1. The Morgan fingerprint density at radius 3 is 2.76 bits per heavy atom. The largest absolute Gasteiger partial charge is 0.463 e. The monoisotopic (exact) mass is 511 g/mol. The maximum Gasteiger partial charge on any atom is 0.330 e. The molecular formula is C31H42FNO4. The van der Waals surface area contributed by atoms with Crippen LogP contribution in [0.4, 0.5) is 4.39 Å². The topological polar surface area (TPSA) is 59.0 Å². The number of aliphatic hydroxyl groups is 1. The van der Waals surface area contributed by atoms with Crippen LogP contribution in [0.3, 0.4) is 0 Å². The molecule has 1 N–H and O–H groups in total. The number of rotatable bonds is 13. The van der Waals surface area contributed by atoms with Gasteiger partial charge >= 0.3 is 5.97 Å². The number of esters is 1. The average Bonchev–Trinajstić information content (AvgIpc) is 3.29. The molecule has 0 radical (unpaired) electrons. The van der Waals surface area contributed by atoms with Crippen molar-refractivity contribution in [3.63, 3.8) is 0 Å². The minimum Gasteiger partial charge on any atom is -0.463 e. The molecule has 3 rings (SSSR count). The number of ether oxygens (including phenoxy) is 2. The zero-order chi connectivity index (χ0) is 26.8. The second-order valence-corrected chi connectivity index (χ2v) is 10.1. The number of aryl methyl sites for hydroxylation is 2. The zero-order valence-electron chi connectivity index (χ0n) is 22.7. The molecule has 6 heteroatoms. The van der Waals surface area contributed by atoms with Crippen molar-refractivity contribution in [2.45, 2.75) is 78.0 Å². The third-order valence-corrected chi connectivity index (χ3v) is 6.97. The lowest BCUT2D eigenvalue weighted by atomic mass is 9.97. The Balaban J connectivity index is 1.62. The van der Waals surface area contributed by atoms with Crippen molar-refractivity contribution in [2.24, 2.45) is 0 Å². The highest BCUT2D eigenvalue weighted by Gasteiger charge is 2.27. The number of carbonyl (C=O) groups is 1. The molecule has 2 aromatic carbocycles. The van der Waals surface area contributed by atoms with Crippen molar-refractivity contribution < 1.29 is 23.8 Å². The van der Waals surface area contributed by atoms with E-state index in [0.717, 1.165) is 60.9 Å². The maximum absolute atomic E-state index is 14.0. The first kappa shape index (κ1) is 29.0. The Kier molecular flexibility index (Phi) is 11.3. The molecule has 1 aliphatic heterocycles. The summed E-state index contributed by atoms with van der Waals surface area (Å²) in [5.74, 6) is -0.531. The molecular weight excluding hydrogens is 469 g/mol. The van der Waals surface area contributed by atoms with E-state index in [4.69, 9.17) is 9.47 Å². The van der Waals surface area contributed by atoms with Gasteiger partial charge in [0.05, 0.1) is 25.4 Å². The van der Waals surface area contributed by atoms with Crippen LogP contribution in [0.25, 0.3) is 6.08 Å². The smallest absolute Gasteiger partial charge is 0.330 e. The molecule has 1 fully saturated rings. The lowest BCUT2D eigenvalue weighted by Crippen LogP contribution is -2.39. The van der Waals surface area contributed by atoms with Crippen LogP contribution in [0.2, 0.25) is 0 Å². The Hall–Kier alpha value is -2.54. The summed E-state index contributed by atoms with van der Waals surface area (Å²) in [7, 11) is 0. The molecule has 2 aromatic rings. The molecule has 1 saturated heterocycles. The van der Waals surface area contributed by atoms with Crippen LogP contribution >= 0.6 is 0 Å². The molecule has 0 saturated carbocycles. The molecule has 1 heterocycles. The zero-order valence-corrected chi connectivity index (χ0v) is 22.7. The van der Waals surface area contributed by atoms with Crippen molar-refractivity contribution in [3.8, 4) is 0 Å². The summed E-state index contributed by atoms with van der Waals surface area (Å²) in [6.07, 6.45) is 7.05. The number of halogens is 1. The van der Waals surface area contributed by atoms with E-state index < -0.39 is 6.10 Å². The lowest BCUT2D eigenvalue weighted by Gasteiger charge is -2.28. The molecule has 0 bridgehead atoms. The van der Waals surface area contributed by atoms with Crippen LogP contribution in [0, 0.1) is 19.7 Å². The van der Waals surface area contributed by atoms with Crippen LogP contribution in [-0.4, -0.2) is 54.4 Å². The van der Waals surface area contributed by atoms with Crippen LogP contribution < -0.4 is 0 Å². The summed E-state index contributed by atoms with van der Waals surface area (Å²) >= 11 is 0. The SMILES string of the molecule is CCC[C@@H](OC[C@H](O)CN1CCC[C@H]1Cc1ccc(C)c(F)c1)c1ccc(C)cc1C=CC(=O)OCC. The predicted octanol–water partition coefficient (Wildman–Crippen LogP) is 5.94. The van der Waals surface area contributed by atoms with Gasteiger partial charge in [-0.1, -0.05) is 49.2 Å². The van der Waals surface area contributed by atoms with E-state index in [9.17, 15) is 14.3 Å². The first-order valence-electron chi connectivity index (χ1n) is 13.5. The van der Waals surface area contributed by atoms with E-state index >= 15 is 0 Å². The van der Waals surface area contributed by atoms with Gasteiger partial charge in [-0.15, -0.1) is 0 Å². The third kappa shape index (κ3) is 8.77. The third-order valence-electron chi connectivity index (χ3n) is 6.97. The van der Waals surface area contributed by atoms with Gasteiger partial charge in [0, 0.05) is 18.7 Å². The van der Waals surface area contributed by atoms with Gasteiger partial charge in [-0.05, 0) is 87.4 Å². The molecule has 0 amide bonds. The summed E-state index contributed by atoms with van der Waals surface area (Å²) in [5, 5.41) is 10.9. The van der Waals surface area contributed by atoms with Gasteiger partial charge in [-0.3, -0.25) is 4.90 Å². The van der Waals surface area contributed by atoms with Crippen molar-refractivity contribution in [3.05, 3.63) is 76.1 Å². The molecule has 202 valence electrons. The number of hydrogen-bond acceptors (Lipinski definition) is 5. The fraction of sp³-hybridized carbons (Fsp3) is 0.516. The van der Waals surface area contributed by atoms with Gasteiger partial charge in [0.15, 0.2) is 0 Å². The summed E-state index contributed by atoms with van der Waals surface area (Å²) in [6.45, 7) is 9.70. The van der Waals surface area contributed by atoms with Crippen molar-refractivity contribution in [1.29, 1.82) is 0 Å². The normalized spacial score (nSPS) is 17.8. The van der Waals surface area contributed by atoms with E-state index in [1.165, 1.54) is 6.08 Å². The highest BCUT2D eigenvalue weighted by Crippen LogP contribution is 2.29. The molecule has 0 spiro atoms. The first-order chi connectivity index (χ1) is 17.8.